The first-order chi connectivity index (χ1) is 17.6. The number of carbonyl (C=O) groups excluding carboxylic acids is 3. The van der Waals surface area contributed by atoms with E-state index in [0.717, 1.165) is 34.3 Å². The summed E-state index contributed by atoms with van der Waals surface area (Å²) in [6, 6.07) is 9.24. The van der Waals surface area contributed by atoms with Gasteiger partial charge in [-0.3, -0.25) is 14.4 Å². The number of hydrogen-bond acceptors (Lipinski definition) is 6. The second kappa shape index (κ2) is 10.9. The number of hydrogen-bond donors (Lipinski definition) is 2. The highest BCUT2D eigenvalue weighted by atomic mass is 32.2. The molecule has 2 saturated heterocycles. The van der Waals surface area contributed by atoms with Crippen LogP contribution in [0.1, 0.15) is 23.2 Å². The highest BCUT2D eigenvalue weighted by molar-refractivity contribution is 7.89. The smallest absolute Gasteiger partial charge is 0.253 e. The molecule has 2 aliphatic rings. The van der Waals surface area contributed by atoms with Gasteiger partial charge in [0, 0.05) is 51.5 Å². The van der Waals surface area contributed by atoms with Crippen LogP contribution < -0.4 is 15.5 Å². The van der Waals surface area contributed by atoms with Crippen molar-refractivity contribution in [1.29, 1.82) is 0 Å². The molecular weight excluding hydrogens is 501 g/mol. The molecule has 0 spiro atoms. The number of piperazine rings is 1. The maximum Gasteiger partial charge on any atom is 0.253 e. The first-order valence-corrected chi connectivity index (χ1v) is 13.4. The Morgan fingerprint density at radius 2 is 1.73 bits per heavy atom. The standard InChI is InChI=1S/C25H30FN5O5S/c1-29(2)19-9-5-17(6-10-19)25(34)30-14-15-31(37(35,36)20-11-7-18(26)8-12-20)22(16-30)24(33)28-21-4-3-13-27-23(21)32/h5-12,21-22H,3-4,13-16H2,1-2H3,(H,27,32)(H,28,33). The summed E-state index contributed by atoms with van der Waals surface area (Å²) >= 11 is 0. The molecule has 0 bridgehead atoms. The van der Waals surface area contributed by atoms with Crippen LogP contribution in [0.15, 0.2) is 53.4 Å². The molecule has 10 nitrogen and oxygen atoms in total. The van der Waals surface area contributed by atoms with Gasteiger partial charge in [-0.05, 0) is 61.4 Å². The molecule has 0 saturated carbocycles. The molecule has 3 amide bonds. The van der Waals surface area contributed by atoms with Gasteiger partial charge in [0.1, 0.15) is 17.9 Å². The van der Waals surface area contributed by atoms with Crippen LogP contribution in [-0.4, -0.2) is 87.7 Å². The van der Waals surface area contributed by atoms with Gasteiger partial charge >= 0.3 is 0 Å². The van der Waals surface area contributed by atoms with E-state index in [9.17, 15) is 27.2 Å². The van der Waals surface area contributed by atoms with E-state index >= 15 is 0 Å². The van der Waals surface area contributed by atoms with Crippen LogP contribution in [-0.2, 0) is 19.6 Å². The predicted molar refractivity (Wildman–Crippen MR) is 135 cm³/mol. The first-order valence-electron chi connectivity index (χ1n) is 12.0. The van der Waals surface area contributed by atoms with Crippen LogP contribution >= 0.6 is 0 Å². The zero-order valence-corrected chi connectivity index (χ0v) is 21.5. The number of sulfonamides is 1. The van der Waals surface area contributed by atoms with Crippen LogP contribution in [0.25, 0.3) is 0 Å². The number of nitrogens with one attached hydrogen (secondary N) is 2. The summed E-state index contributed by atoms with van der Waals surface area (Å²) in [6.45, 7) is 0.224. The zero-order valence-electron chi connectivity index (χ0n) is 20.7. The van der Waals surface area contributed by atoms with Crippen LogP contribution in [0.5, 0.6) is 0 Å². The van der Waals surface area contributed by atoms with E-state index in [1.54, 1.807) is 24.3 Å². The molecule has 2 unspecified atom stereocenters. The Hall–Kier alpha value is -3.51. The van der Waals surface area contributed by atoms with E-state index in [4.69, 9.17) is 0 Å². The number of benzene rings is 2. The van der Waals surface area contributed by atoms with Crippen molar-refractivity contribution >= 4 is 33.4 Å². The second-order valence-electron chi connectivity index (χ2n) is 9.27. The molecule has 2 aliphatic heterocycles. The van der Waals surface area contributed by atoms with Crippen LogP contribution in [0.4, 0.5) is 10.1 Å². The van der Waals surface area contributed by atoms with Crippen LogP contribution in [0, 0.1) is 5.82 Å². The number of rotatable bonds is 6. The minimum atomic E-state index is -4.19. The van der Waals surface area contributed by atoms with E-state index in [1.165, 1.54) is 4.90 Å². The van der Waals surface area contributed by atoms with E-state index in [-0.39, 0.29) is 36.3 Å². The van der Waals surface area contributed by atoms with Gasteiger partial charge in [0.15, 0.2) is 0 Å². The molecule has 2 aromatic rings. The Morgan fingerprint density at radius 1 is 1.05 bits per heavy atom. The third-order valence-electron chi connectivity index (χ3n) is 6.57. The van der Waals surface area contributed by atoms with Crippen molar-refractivity contribution in [2.24, 2.45) is 0 Å². The Labute approximate surface area is 215 Å². The van der Waals surface area contributed by atoms with Crippen molar-refractivity contribution < 1.29 is 27.2 Å². The molecule has 37 heavy (non-hydrogen) atoms. The molecular formula is C25H30FN5O5S. The normalized spacial score (nSPS) is 20.7. The van der Waals surface area contributed by atoms with E-state index in [0.29, 0.717) is 24.9 Å². The molecule has 0 radical (unpaired) electrons. The molecule has 2 aromatic carbocycles. The van der Waals surface area contributed by atoms with Gasteiger partial charge in [-0.1, -0.05) is 0 Å². The minimum absolute atomic E-state index is 0.0579. The van der Waals surface area contributed by atoms with Gasteiger partial charge in [-0.25, -0.2) is 12.8 Å². The first kappa shape index (κ1) is 26.6. The number of nitrogens with zero attached hydrogens (tertiary/aromatic N) is 3. The molecule has 198 valence electrons. The molecule has 2 fully saturated rings. The molecule has 0 aromatic heterocycles. The number of anilines is 1. The van der Waals surface area contributed by atoms with Crippen LogP contribution in [0.2, 0.25) is 0 Å². The van der Waals surface area contributed by atoms with Crippen LogP contribution in [0.3, 0.4) is 0 Å². The molecule has 2 heterocycles. The number of amides is 3. The average molecular weight is 532 g/mol. The highest BCUT2D eigenvalue weighted by Gasteiger charge is 2.42. The molecule has 2 N–H and O–H groups in total. The summed E-state index contributed by atoms with van der Waals surface area (Å²) in [5.74, 6) is -1.94. The SMILES string of the molecule is CN(C)c1ccc(C(=O)N2CCN(S(=O)(=O)c3ccc(F)cc3)C(C(=O)NC3CCCNC3=O)C2)cc1. The third kappa shape index (κ3) is 5.75. The lowest BCUT2D eigenvalue weighted by Gasteiger charge is -2.40. The van der Waals surface area contributed by atoms with Gasteiger partial charge in [0.25, 0.3) is 5.91 Å². The fourth-order valence-electron chi connectivity index (χ4n) is 4.46. The quantitative estimate of drug-likeness (QED) is 0.569. The molecule has 2 atom stereocenters. The summed E-state index contributed by atoms with van der Waals surface area (Å²) < 4.78 is 41.4. The van der Waals surface area contributed by atoms with Crippen molar-refractivity contribution in [1.82, 2.24) is 19.8 Å². The Kier molecular flexibility index (Phi) is 7.79. The summed E-state index contributed by atoms with van der Waals surface area (Å²) in [5, 5.41) is 5.34. The Balaban J connectivity index is 1.60. The summed E-state index contributed by atoms with van der Waals surface area (Å²) in [6.07, 6.45) is 1.10. The minimum Gasteiger partial charge on any atom is -0.378 e. The fourth-order valence-corrected chi connectivity index (χ4v) is 6.03. The lowest BCUT2D eigenvalue weighted by atomic mass is 10.1. The van der Waals surface area contributed by atoms with Crippen molar-refractivity contribution in [3.63, 3.8) is 0 Å². The van der Waals surface area contributed by atoms with Gasteiger partial charge in [0.05, 0.1) is 4.90 Å². The number of carbonyl (C=O) groups is 3. The number of piperidine rings is 1. The molecule has 12 heteroatoms. The lowest BCUT2D eigenvalue weighted by Crippen LogP contribution is -2.63. The van der Waals surface area contributed by atoms with Gasteiger partial charge in [-0.15, -0.1) is 0 Å². The van der Waals surface area contributed by atoms with Gasteiger partial charge in [0.2, 0.25) is 21.8 Å². The highest BCUT2D eigenvalue weighted by Crippen LogP contribution is 2.24. The van der Waals surface area contributed by atoms with Gasteiger partial charge in [-0.2, -0.15) is 4.31 Å². The average Bonchev–Trinajstić information content (AvgIpc) is 2.89. The zero-order chi connectivity index (χ0) is 26.7. The largest absolute Gasteiger partial charge is 0.378 e. The van der Waals surface area contributed by atoms with E-state index in [1.807, 2.05) is 19.0 Å². The molecule has 4 rings (SSSR count). The Morgan fingerprint density at radius 3 is 2.35 bits per heavy atom. The third-order valence-corrected chi connectivity index (χ3v) is 8.50. The summed E-state index contributed by atoms with van der Waals surface area (Å²) in [7, 11) is -0.430. The van der Waals surface area contributed by atoms with Crippen molar-refractivity contribution in [3.8, 4) is 0 Å². The summed E-state index contributed by atoms with van der Waals surface area (Å²) in [4.78, 5) is 42.0. The van der Waals surface area contributed by atoms with Crippen molar-refractivity contribution in [3.05, 3.63) is 59.9 Å². The van der Waals surface area contributed by atoms with Gasteiger partial charge < -0.3 is 20.4 Å². The fraction of sp³-hybridized carbons (Fsp3) is 0.400. The molecule has 0 aliphatic carbocycles. The summed E-state index contributed by atoms with van der Waals surface area (Å²) in [5.41, 5.74) is 1.32. The maximum atomic E-state index is 13.5. The van der Waals surface area contributed by atoms with E-state index in [2.05, 4.69) is 10.6 Å². The predicted octanol–water partition coefficient (Wildman–Crippen LogP) is 0.802. The monoisotopic (exact) mass is 531 g/mol. The van der Waals surface area contributed by atoms with E-state index < -0.39 is 33.8 Å². The van der Waals surface area contributed by atoms with Crippen molar-refractivity contribution in [2.75, 3.05) is 45.2 Å². The topological polar surface area (TPSA) is 119 Å². The number of halogens is 1. The van der Waals surface area contributed by atoms with Crippen molar-refractivity contribution in [2.45, 2.75) is 29.8 Å². The maximum absolute atomic E-state index is 13.5. The Bertz CT molecular complexity index is 1270. The lowest BCUT2D eigenvalue weighted by molar-refractivity contribution is -0.132. The second-order valence-corrected chi connectivity index (χ2v) is 11.2.